The molecule has 0 saturated carbocycles. The second-order valence-electron chi connectivity index (χ2n) is 5.93. The minimum absolute atomic E-state index is 0.451. The molecule has 0 aliphatic rings. The topological polar surface area (TPSA) is 79.8 Å². The fourth-order valence-corrected chi connectivity index (χ4v) is 2.17. The SMILES string of the molecule is CCOc1ccc(NC(=O)C(=O)N/N=C\c2ccc(C(C)C)cc2)cc1. The molecule has 136 valence electrons. The van der Waals surface area contributed by atoms with E-state index in [1.807, 2.05) is 31.2 Å². The van der Waals surface area contributed by atoms with Crippen LogP contribution < -0.4 is 15.5 Å². The molecule has 0 aromatic heterocycles. The molecule has 2 rings (SSSR count). The molecule has 0 bridgehead atoms. The van der Waals surface area contributed by atoms with Gasteiger partial charge in [-0.05, 0) is 48.2 Å². The first-order chi connectivity index (χ1) is 12.5. The highest BCUT2D eigenvalue weighted by Crippen LogP contribution is 2.15. The summed E-state index contributed by atoms with van der Waals surface area (Å²) in [5.41, 5.74) is 4.77. The lowest BCUT2D eigenvalue weighted by molar-refractivity contribution is -0.136. The maximum Gasteiger partial charge on any atom is 0.329 e. The molecule has 0 heterocycles. The van der Waals surface area contributed by atoms with Crippen molar-refractivity contribution in [2.75, 3.05) is 11.9 Å². The fraction of sp³-hybridized carbons (Fsp3) is 0.250. The molecule has 0 aliphatic carbocycles. The van der Waals surface area contributed by atoms with E-state index in [4.69, 9.17) is 4.74 Å². The zero-order valence-corrected chi connectivity index (χ0v) is 15.2. The molecule has 0 saturated heterocycles. The first-order valence-corrected chi connectivity index (χ1v) is 8.46. The van der Waals surface area contributed by atoms with Gasteiger partial charge in [-0.2, -0.15) is 5.10 Å². The number of nitrogens with one attached hydrogen (secondary N) is 2. The fourth-order valence-electron chi connectivity index (χ4n) is 2.17. The van der Waals surface area contributed by atoms with Crippen molar-refractivity contribution in [3.63, 3.8) is 0 Å². The maximum absolute atomic E-state index is 11.9. The van der Waals surface area contributed by atoms with Crippen molar-refractivity contribution in [2.45, 2.75) is 26.7 Å². The van der Waals surface area contributed by atoms with E-state index in [2.05, 4.69) is 29.7 Å². The minimum atomic E-state index is -0.839. The maximum atomic E-state index is 11.9. The van der Waals surface area contributed by atoms with Gasteiger partial charge in [0.2, 0.25) is 0 Å². The van der Waals surface area contributed by atoms with Crippen LogP contribution in [0, 0.1) is 0 Å². The summed E-state index contributed by atoms with van der Waals surface area (Å²) in [4.78, 5) is 23.6. The van der Waals surface area contributed by atoms with Crippen molar-refractivity contribution in [3.8, 4) is 5.75 Å². The number of carbonyl (C=O) groups excluding carboxylic acids is 2. The summed E-state index contributed by atoms with van der Waals surface area (Å²) in [6, 6.07) is 14.6. The molecule has 0 spiro atoms. The van der Waals surface area contributed by atoms with Gasteiger partial charge in [0.25, 0.3) is 0 Å². The van der Waals surface area contributed by atoms with Crippen LogP contribution in [0.4, 0.5) is 5.69 Å². The van der Waals surface area contributed by atoms with Crippen molar-refractivity contribution >= 4 is 23.7 Å². The molecular weight excluding hydrogens is 330 g/mol. The molecule has 2 aromatic carbocycles. The molecule has 2 amide bonds. The highest BCUT2D eigenvalue weighted by atomic mass is 16.5. The highest BCUT2D eigenvalue weighted by Gasteiger charge is 2.12. The minimum Gasteiger partial charge on any atom is -0.494 e. The summed E-state index contributed by atoms with van der Waals surface area (Å²) < 4.78 is 5.32. The van der Waals surface area contributed by atoms with Crippen LogP contribution in [-0.4, -0.2) is 24.6 Å². The van der Waals surface area contributed by atoms with Gasteiger partial charge in [0.15, 0.2) is 0 Å². The lowest BCUT2D eigenvalue weighted by Gasteiger charge is -2.06. The zero-order chi connectivity index (χ0) is 18.9. The Morgan fingerprint density at radius 3 is 2.27 bits per heavy atom. The first-order valence-electron chi connectivity index (χ1n) is 8.46. The van der Waals surface area contributed by atoms with Crippen LogP contribution in [0.2, 0.25) is 0 Å². The number of ether oxygens (including phenoxy) is 1. The summed E-state index contributed by atoms with van der Waals surface area (Å²) in [5.74, 6) is -0.481. The summed E-state index contributed by atoms with van der Waals surface area (Å²) in [6.07, 6.45) is 1.49. The van der Waals surface area contributed by atoms with E-state index in [-0.39, 0.29) is 0 Å². The molecule has 2 N–H and O–H groups in total. The third-order valence-electron chi connectivity index (χ3n) is 3.61. The number of hydrogen-bond donors (Lipinski definition) is 2. The monoisotopic (exact) mass is 353 g/mol. The van der Waals surface area contributed by atoms with Crippen molar-refractivity contribution in [1.29, 1.82) is 0 Å². The lowest BCUT2D eigenvalue weighted by Crippen LogP contribution is -2.32. The summed E-state index contributed by atoms with van der Waals surface area (Å²) in [5, 5.41) is 6.31. The van der Waals surface area contributed by atoms with Gasteiger partial charge in [0.1, 0.15) is 5.75 Å². The average Bonchev–Trinajstić information content (AvgIpc) is 2.64. The Bertz CT molecular complexity index is 766. The molecule has 26 heavy (non-hydrogen) atoms. The van der Waals surface area contributed by atoms with Gasteiger partial charge in [-0.15, -0.1) is 0 Å². The second-order valence-corrected chi connectivity index (χ2v) is 5.93. The molecule has 6 heteroatoms. The zero-order valence-electron chi connectivity index (χ0n) is 15.2. The Hall–Kier alpha value is -3.15. The number of nitrogens with zero attached hydrogens (tertiary/aromatic N) is 1. The van der Waals surface area contributed by atoms with Crippen LogP contribution >= 0.6 is 0 Å². The van der Waals surface area contributed by atoms with E-state index in [1.165, 1.54) is 11.8 Å². The van der Waals surface area contributed by atoms with Crippen LogP contribution in [0.3, 0.4) is 0 Å². The van der Waals surface area contributed by atoms with Gasteiger partial charge in [-0.3, -0.25) is 9.59 Å². The molecule has 0 unspecified atom stereocenters. The largest absolute Gasteiger partial charge is 0.494 e. The third-order valence-corrected chi connectivity index (χ3v) is 3.61. The number of hydrazone groups is 1. The average molecular weight is 353 g/mol. The number of anilines is 1. The predicted octanol–water partition coefficient (Wildman–Crippen LogP) is 3.30. The van der Waals surface area contributed by atoms with Crippen molar-refractivity contribution < 1.29 is 14.3 Å². The standard InChI is InChI=1S/C20H23N3O3/c1-4-26-18-11-9-17(10-12-18)22-19(24)20(25)23-21-13-15-5-7-16(8-6-15)14(2)3/h5-14H,4H2,1-3H3,(H,22,24)(H,23,25)/b21-13-. The van der Waals surface area contributed by atoms with E-state index < -0.39 is 11.8 Å². The van der Waals surface area contributed by atoms with E-state index in [0.29, 0.717) is 24.0 Å². The molecule has 0 radical (unpaired) electrons. The van der Waals surface area contributed by atoms with E-state index in [0.717, 1.165) is 5.56 Å². The molecular formula is C20H23N3O3. The van der Waals surface area contributed by atoms with Crippen molar-refractivity contribution in [2.24, 2.45) is 5.10 Å². The Balaban J connectivity index is 1.85. The second kappa shape index (κ2) is 9.36. The molecule has 0 aliphatic heterocycles. The number of amides is 2. The van der Waals surface area contributed by atoms with E-state index >= 15 is 0 Å². The van der Waals surface area contributed by atoms with Crippen LogP contribution in [0.5, 0.6) is 5.75 Å². The number of carbonyl (C=O) groups is 2. The van der Waals surface area contributed by atoms with Gasteiger partial charge in [-0.25, -0.2) is 5.43 Å². The van der Waals surface area contributed by atoms with Crippen LogP contribution in [-0.2, 0) is 9.59 Å². The lowest BCUT2D eigenvalue weighted by atomic mass is 10.0. The van der Waals surface area contributed by atoms with Crippen molar-refractivity contribution in [3.05, 3.63) is 59.7 Å². The van der Waals surface area contributed by atoms with Crippen LogP contribution in [0.25, 0.3) is 0 Å². The van der Waals surface area contributed by atoms with Gasteiger partial charge in [-0.1, -0.05) is 38.1 Å². The Labute approximate surface area is 153 Å². The highest BCUT2D eigenvalue weighted by molar-refractivity contribution is 6.39. The number of benzene rings is 2. The molecule has 2 aromatic rings. The van der Waals surface area contributed by atoms with Crippen molar-refractivity contribution in [1.82, 2.24) is 5.43 Å². The van der Waals surface area contributed by atoms with Crippen LogP contribution in [0.15, 0.2) is 53.6 Å². The Morgan fingerprint density at radius 1 is 1.04 bits per heavy atom. The quantitative estimate of drug-likeness (QED) is 0.475. The Kier molecular flexibility index (Phi) is 6.91. The Morgan fingerprint density at radius 2 is 1.69 bits per heavy atom. The number of hydrogen-bond acceptors (Lipinski definition) is 4. The van der Waals surface area contributed by atoms with Crippen LogP contribution in [0.1, 0.15) is 37.8 Å². The molecule has 0 atom stereocenters. The van der Waals surface area contributed by atoms with Gasteiger partial charge < -0.3 is 10.1 Å². The first kappa shape index (κ1) is 19.2. The summed E-state index contributed by atoms with van der Waals surface area (Å²) >= 11 is 0. The summed E-state index contributed by atoms with van der Waals surface area (Å²) in [6.45, 7) is 6.68. The molecule has 6 nitrogen and oxygen atoms in total. The van der Waals surface area contributed by atoms with E-state index in [1.54, 1.807) is 24.3 Å². The molecule has 0 fully saturated rings. The van der Waals surface area contributed by atoms with Gasteiger partial charge in [0.05, 0.1) is 12.8 Å². The van der Waals surface area contributed by atoms with Gasteiger partial charge in [0, 0.05) is 5.69 Å². The van der Waals surface area contributed by atoms with E-state index in [9.17, 15) is 9.59 Å². The smallest absolute Gasteiger partial charge is 0.329 e. The predicted molar refractivity (Wildman–Crippen MR) is 103 cm³/mol. The summed E-state index contributed by atoms with van der Waals surface area (Å²) in [7, 11) is 0. The van der Waals surface area contributed by atoms with Gasteiger partial charge >= 0.3 is 11.8 Å². The normalized spacial score (nSPS) is 10.8. The number of rotatable bonds is 6. The third kappa shape index (κ3) is 5.73.